The van der Waals surface area contributed by atoms with Crippen molar-refractivity contribution in [2.45, 2.75) is 25.0 Å². The molecule has 1 aliphatic heterocycles. The van der Waals surface area contributed by atoms with Gasteiger partial charge in [0, 0.05) is 36.7 Å². The van der Waals surface area contributed by atoms with E-state index in [9.17, 15) is 5.11 Å². The van der Waals surface area contributed by atoms with Crippen molar-refractivity contribution in [2.24, 2.45) is 0 Å². The molecule has 2 unspecified atom stereocenters. The summed E-state index contributed by atoms with van der Waals surface area (Å²) in [6.45, 7) is 3.24. The highest BCUT2D eigenvalue weighted by atomic mass is 35.5. The summed E-state index contributed by atoms with van der Waals surface area (Å²) in [7, 11) is 3.36. The number of hydrogen-bond donors (Lipinski definition) is 1. The molecule has 124 valence electrons. The van der Waals surface area contributed by atoms with Crippen LogP contribution in [0.4, 0.5) is 0 Å². The molecule has 1 fully saturated rings. The average Bonchev–Trinajstić information content (AvgIpc) is 2.54. The lowest BCUT2D eigenvalue weighted by Gasteiger charge is -2.40. The minimum absolute atomic E-state index is 0. The van der Waals surface area contributed by atoms with Gasteiger partial charge in [0.25, 0.3) is 0 Å². The summed E-state index contributed by atoms with van der Waals surface area (Å²) in [4.78, 5) is 2.33. The van der Waals surface area contributed by atoms with Crippen LogP contribution in [0.5, 0.6) is 11.5 Å². The Hall–Kier alpha value is -1.01. The zero-order valence-corrected chi connectivity index (χ0v) is 13.9. The topological polar surface area (TPSA) is 51.2 Å². The Balaban J connectivity index is 0.00000176. The maximum absolute atomic E-state index is 10.6. The van der Waals surface area contributed by atoms with Gasteiger partial charge in [-0.05, 0) is 18.6 Å². The van der Waals surface area contributed by atoms with Gasteiger partial charge < -0.3 is 19.3 Å². The highest BCUT2D eigenvalue weighted by Gasteiger charge is 2.35. The van der Waals surface area contributed by atoms with Crippen LogP contribution in [0.1, 0.15) is 11.1 Å². The minimum atomic E-state index is -0.378. The predicted molar refractivity (Wildman–Crippen MR) is 86.4 cm³/mol. The predicted octanol–water partition coefficient (Wildman–Crippen LogP) is 1.29. The Morgan fingerprint density at radius 3 is 2.14 bits per heavy atom. The third-order valence-corrected chi connectivity index (χ3v) is 4.57. The molecule has 0 saturated carbocycles. The van der Waals surface area contributed by atoms with Crippen molar-refractivity contribution in [3.63, 3.8) is 0 Å². The Bertz CT molecular complexity index is 505. The largest absolute Gasteiger partial charge is 0.496 e. The summed E-state index contributed by atoms with van der Waals surface area (Å²) < 4.78 is 16.4. The van der Waals surface area contributed by atoms with Crippen molar-refractivity contribution in [3.8, 4) is 11.5 Å². The summed E-state index contributed by atoms with van der Waals surface area (Å²) in [5, 5.41) is 10.6. The van der Waals surface area contributed by atoms with E-state index in [1.54, 1.807) is 14.2 Å². The van der Waals surface area contributed by atoms with E-state index in [2.05, 4.69) is 4.90 Å². The Kier molecular flexibility index (Phi) is 5.92. The third kappa shape index (κ3) is 3.18. The van der Waals surface area contributed by atoms with E-state index < -0.39 is 0 Å². The lowest BCUT2D eigenvalue weighted by Crippen LogP contribution is -2.52. The van der Waals surface area contributed by atoms with Gasteiger partial charge in [-0.3, -0.25) is 4.90 Å². The van der Waals surface area contributed by atoms with Gasteiger partial charge in [-0.25, -0.2) is 0 Å². The number of ether oxygens (including phenoxy) is 3. The quantitative estimate of drug-likeness (QED) is 0.905. The number of nitrogens with zero attached hydrogens (tertiary/aromatic N) is 1. The molecule has 2 aliphatic rings. The average molecular weight is 330 g/mol. The lowest BCUT2D eigenvalue weighted by molar-refractivity contribution is -0.0247. The normalized spacial score (nSPS) is 25.0. The number of rotatable bonds is 3. The van der Waals surface area contributed by atoms with E-state index in [-0.39, 0.29) is 24.6 Å². The molecule has 5 nitrogen and oxygen atoms in total. The first-order chi connectivity index (χ1) is 10.2. The van der Waals surface area contributed by atoms with Gasteiger partial charge >= 0.3 is 0 Å². The van der Waals surface area contributed by atoms with Crippen LogP contribution in [0, 0.1) is 0 Å². The van der Waals surface area contributed by atoms with Gasteiger partial charge in [0.1, 0.15) is 11.5 Å². The van der Waals surface area contributed by atoms with Crippen molar-refractivity contribution in [1.29, 1.82) is 0 Å². The van der Waals surface area contributed by atoms with Crippen LogP contribution in [0.15, 0.2) is 12.1 Å². The summed E-state index contributed by atoms with van der Waals surface area (Å²) >= 11 is 0. The molecule has 0 bridgehead atoms. The van der Waals surface area contributed by atoms with Crippen molar-refractivity contribution in [2.75, 3.05) is 40.5 Å². The molecular weight excluding hydrogens is 306 g/mol. The maximum atomic E-state index is 10.6. The van der Waals surface area contributed by atoms with Gasteiger partial charge in [-0.2, -0.15) is 0 Å². The van der Waals surface area contributed by atoms with E-state index in [1.807, 2.05) is 12.1 Å². The molecule has 2 atom stereocenters. The summed E-state index contributed by atoms with van der Waals surface area (Å²) in [5.41, 5.74) is 2.24. The Morgan fingerprint density at radius 1 is 1.05 bits per heavy atom. The van der Waals surface area contributed by atoms with Crippen molar-refractivity contribution in [1.82, 2.24) is 4.90 Å². The summed E-state index contributed by atoms with van der Waals surface area (Å²) in [6.07, 6.45) is 1.02. The van der Waals surface area contributed by atoms with E-state index in [0.29, 0.717) is 6.42 Å². The monoisotopic (exact) mass is 329 g/mol. The third-order valence-electron chi connectivity index (χ3n) is 4.57. The number of aliphatic hydroxyl groups excluding tert-OH is 1. The maximum Gasteiger partial charge on any atom is 0.122 e. The Labute approximate surface area is 137 Å². The zero-order valence-electron chi connectivity index (χ0n) is 13.1. The van der Waals surface area contributed by atoms with Crippen LogP contribution in [0.25, 0.3) is 0 Å². The Morgan fingerprint density at radius 2 is 1.59 bits per heavy atom. The molecule has 22 heavy (non-hydrogen) atoms. The number of halogens is 1. The number of benzene rings is 1. The van der Waals surface area contributed by atoms with E-state index in [0.717, 1.165) is 49.8 Å². The van der Waals surface area contributed by atoms with E-state index in [1.165, 1.54) is 5.56 Å². The van der Waals surface area contributed by atoms with Gasteiger partial charge in [-0.15, -0.1) is 12.4 Å². The van der Waals surface area contributed by atoms with Crippen molar-refractivity contribution >= 4 is 12.4 Å². The van der Waals surface area contributed by atoms with Crippen molar-refractivity contribution < 1.29 is 19.3 Å². The molecule has 0 spiro atoms. The molecule has 1 aromatic rings. The fourth-order valence-corrected chi connectivity index (χ4v) is 3.45. The van der Waals surface area contributed by atoms with Crippen LogP contribution in [-0.4, -0.2) is 62.7 Å². The first-order valence-corrected chi connectivity index (χ1v) is 7.47. The molecule has 1 aromatic carbocycles. The van der Waals surface area contributed by atoms with Crippen LogP contribution >= 0.6 is 12.4 Å². The first kappa shape index (κ1) is 17.3. The molecule has 1 aliphatic carbocycles. The van der Waals surface area contributed by atoms with E-state index in [4.69, 9.17) is 14.2 Å². The van der Waals surface area contributed by atoms with Gasteiger partial charge in [0.05, 0.1) is 33.5 Å². The summed E-state index contributed by atoms with van der Waals surface area (Å²) in [5.74, 6) is 1.72. The van der Waals surface area contributed by atoms with Crippen LogP contribution in [0.3, 0.4) is 0 Å². The fraction of sp³-hybridized carbons (Fsp3) is 0.625. The number of fused-ring (bicyclic) bond motifs is 1. The molecular formula is C16H24ClNO4. The second kappa shape index (κ2) is 7.51. The SMILES string of the molecule is COc1ccc(OC)c2c1CC(O)C(N1CCOCC1)C2.Cl. The highest BCUT2D eigenvalue weighted by Crippen LogP contribution is 2.37. The standard InChI is InChI=1S/C16H23NO4.ClH/c1-19-15-3-4-16(20-2)12-10-14(18)13(9-11(12)15)17-5-7-21-8-6-17;/h3-4,13-14,18H,5-10H2,1-2H3;1H. The molecule has 0 amide bonds. The van der Waals surface area contributed by atoms with Gasteiger partial charge in [0.2, 0.25) is 0 Å². The molecule has 0 aromatic heterocycles. The molecule has 3 rings (SSSR count). The van der Waals surface area contributed by atoms with Crippen LogP contribution in [0.2, 0.25) is 0 Å². The zero-order chi connectivity index (χ0) is 14.8. The van der Waals surface area contributed by atoms with Crippen molar-refractivity contribution in [3.05, 3.63) is 23.3 Å². The van der Waals surface area contributed by atoms with Crippen LogP contribution in [-0.2, 0) is 17.6 Å². The molecule has 1 saturated heterocycles. The highest BCUT2D eigenvalue weighted by molar-refractivity contribution is 5.85. The number of hydrogen-bond acceptors (Lipinski definition) is 5. The lowest BCUT2D eigenvalue weighted by atomic mass is 9.84. The van der Waals surface area contributed by atoms with Crippen LogP contribution < -0.4 is 9.47 Å². The number of methoxy groups -OCH3 is 2. The minimum Gasteiger partial charge on any atom is -0.496 e. The molecule has 6 heteroatoms. The first-order valence-electron chi connectivity index (χ1n) is 7.47. The molecule has 0 radical (unpaired) electrons. The van der Waals surface area contributed by atoms with Gasteiger partial charge in [-0.1, -0.05) is 0 Å². The fourth-order valence-electron chi connectivity index (χ4n) is 3.45. The smallest absolute Gasteiger partial charge is 0.122 e. The second-order valence-corrected chi connectivity index (χ2v) is 5.62. The molecule has 1 N–H and O–H groups in total. The summed E-state index contributed by atoms with van der Waals surface area (Å²) in [6, 6.07) is 3.99. The second-order valence-electron chi connectivity index (χ2n) is 5.62. The van der Waals surface area contributed by atoms with Gasteiger partial charge in [0.15, 0.2) is 0 Å². The number of morpholine rings is 1. The number of aliphatic hydroxyl groups is 1. The molecule has 1 heterocycles. The van der Waals surface area contributed by atoms with E-state index >= 15 is 0 Å².